The number of β-amino-alcohol motifs (C(OH)–C–C–N with tert-alkyl or cyclic N) is 1. The number of ether oxygens (including phenoxy) is 1. The van der Waals surface area contributed by atoms with Crippen LogP contribution >= 0.6 is 13.5 Å². The quantitative estimate of drug-likeness (QED) is 0.531. The van der Waals surface area contributed by atoms with Crippen molar-refractivity contribution in [2.75, 3.05) is 26.3 Å². The molecule has 0 bridgehead atoms. The Hall–Kier alpha value is -0.360. The van der Waals surface area contributed by atoms with Crippen molar-refractivity contribution < 1.29 is 20.1 Å². The van der Waals surface area contributed by atoms with Gasteiger partial charge in [0.1, 0.15) is 0 Å². The highest BCUT2D eigenvalue weighted by molar-refractivity contribution is 7.59. The van der Waals surface area contributed by atoms with E-state index in [2.05, 4.69) is 32.2 Å². The zero-order valence-corrected chi connectivity index (χ0v) is 14.6. The molecule has 6 nitrogen and oxygen atoms in total. The van der Waals surface area contributed by atoms with Gasteiger partial charge in [-0.3, -0.25) is 0 Å². The van der Waals surface area contributed by atoms with Gasteiger partial charge in [0.25, 0.3) is 0 Å². The van der Waals surface area contributed by atoms with Gasteiger partial charge in [-0.1, -0.05) is 13.8 Å². The summed E-state index contributed by atoms with van der Waals surface area (Å²) in [6.45, 7) is 7.89. The number of aliphatic hydroxyl groups excluding tert-OH is 3. The number of nitrogens with one attached hydrogen (secondary N) is 1. The van der Waals surface area contributed by atoms with Crippen molar-refractivity contribution in [2.45, 2.75) is 39.1 Å². The molecule has 22 heavy (non-hydrogen) atoms. The summed E-state index contributed by atoms with van der Waals surface area (Å²) in [6.07, 6.45) is -1.19. The van der Waals surface area contributed by atoms with E-state index in [4.69, 9.17) is 20.2 Å². The number of hydrogen-bond donors (Lipinski definition) is 4. The average molecular weight is 334 g/mol. The van der Waals surface area contributed by atoms with Crippen molar-refractivity contribution in [2.24, 2.45) is 23.7 Å². The van der Waals surface area contributed by atoms with Gasteiger partial charge < -0.3 is 25.4 Å². The number of nitriles is 1. The first kappa shape index (κ1) is 21.6. The van der Waals surface area contributed by atoms with Crippen LogP contribution in [0.1, 0.15) is 20.8 Å². The van der Waals surface area contributed by atoms with Crippen LogP contribution in [0.5, 0.6) is 0 Å². The lowest BCUT2D eigenvalue weighted by atomic mass is 9.80. The molecule has 4 N–H and O–H groups in total. The molecule has 0 saturated carbocycles. The maximum absolute atomic E-state index is 9.19. The molecule has 7 heteroatoms. The molecule has 0 amide bonds. The first-order chi connectivity index (χ1) is 9.92. The molecule has 0 spiro atoms. The molecule has 130 valence electrons. The zero-order valence-electron chi connectivity index (χ0n) is 13.6. The first-order valence-electron chi connectivity index (χ1n) is 7.61. The number of nitrogens with zero attached hydrogens (tertiary/aromatic N) is 1. The second-order valence-electron chi connectivity index (χ2n) is 6.15. The Bertz CT molecular complexity index is 353. The van der Waals surface area contributed by atoms with E-state index in [1.165, 1.54) is 0 Å². The molecule has 0 aromatic carbocycles. The molecule has 0 aromatic heterocycles. The zero-order chi connectivity index (χ0) is 16.0. The first-order valence-corrected chi connectivity index (χ1v) is 7.61. The second-order valence-corrected chi connectivity index (χ2v) is 6.15. The molecule has 2 rings (SSSR count). The summed E-state index contributed by atoms with van der Waals surface area (Å²) in [5.41, 5.74) is 0. The maximum Gasteiger partial charge on any atom is 0.0927 e. The summed E-state index contributed by atoms with van der Waals surface area (Å²) in [5.74, 6) is 0.863. The molecule has 2 fully saturated rings. The van der Waals surface area contributed by atoms with Gasteiger partial charge in [0.15, 0.2) is 0 Å². The Balaban J connectivity index is 0.000000385. The highest BCUT2D eigenvalue weighted by atomic mass is 32.1. The lowest BCUT2D eigenvalue weighted by Gasteiger charge is -2.35. The minimum absolute atomic E-state index is 0. The number of piperidine rings is 1. The van der Waals surface area contributed by atoms with Crippen molar-refractivity contribution in [3.05, 3.63) is 0 Å². The third-order valence-electron chi connectivity index (χ3n) is 4.78. The van der Waals surface area contributed by atoms with Gasteiger partial charge in [0, 0.05) is 25.6 Å². The highest BCUT2D eigenvalue weighted by Gasteiger charge is 2.32. The maximum atomic E-state index is 9.19. The van der Waals surface area contributed by atoms with Crippen LogP contribution in [-0.4, -0.2) is 59.9 Å². The smallest absolute Gasteiger partial charge is 0.0927 e. The molecule has 2 aliphatic rings. The Morgan fingerprint density at radius 3 is 2.32 bits per heavy atom. The van der Waals surface area contributed by atoms with Crippen LogP contribution in [0.15, 0.2) is 0 Å². The van der Waals surface area contributed by atoms with Crippen LogP contribution in [-0.2, 0) is 4.74 Å². The number of aliphatic hydroxyl groups is 3. The van der Waals surface area contributed by atoms with Crippen LogP contribution in [0, 0.1) is 35.0 Å². The third kappa shape index (κ3) is 5.69. The van der Waals surface area contributed by atoms with E-state index in [0.717, 1.165) is 0 Å². The van der Waals surface area contributed by atoms with Crippen molar-refractivity contribution in [1.82, 2.24) is 5.32 Å². The predicted molar refractivity (Wildman–Crippen MR) is 88.7 cm³/mol. The van der Waals surface area contributed by atoms with Crippen LogP contribution in [0.4, 0.5) is 0 Å². The van der Waals surface area contributed by atoms with Crippen molar-refractivity contribution in [3.63, 3.8) is 0 Å². The highest BCUT2D eigenvalue weighted by Crippen LogP contribution is 2.29. The van der Waals surface area contributed by atoms with E-state index in [-0.39, 0.29) is 31.9 Å². The fraction of sp³-hybridized carbons (Fsp3) is 0.933. The van der Waals surface area contributed by atoms with E-state index in [1.54, 1.807) is 0 Å². The monoisotopic (exact) mass is 334 g/mol. The normalized spacial score (nSPS) is 41.4. The summed E-state index contributed by atoms with van der Waals surface area (Å²) < 4.78 is 5.44. The lowest BCUT2D eigenvalue weighted by molar-refractivity contribution is -0.0561. The second kappa shape index (κ2) is 10.4. The minimum Gasteiger partial charge on any atom is -0.396 e. The van der Waals surface area contributed by atoms with E-state index in [1.807, 2.05) is 0 Å². The average Bonchev–Trinajstić information content (AvgIpc) is 2.49. The number of rotatable bonds is 1. The van der Waals surface area contributed by atoms with Crippen LogP contribution in [0.3, 0.4) is 0 Å². The molecule has 0 unspecified atom stereocenters. The number of hydrogen-bond acceptors (Lipinski definition) is 6. The lowest BCUT2D eigenvalue weighted by Crippen LogP contribution is -2.51. The largest absolute Gasteiger partial charge is 0.396 e. The molecular formula is C15H30N2O4S. The van der Waals surface area contributed by atoms with Crippen LogP contribution in [0.2, 0.25) is 0 Å². The van der Waals surface area contributed by atoms with Gasteiger partial charge >= 0.3 is 0 Å². The van der Waals surface area contributed by atoms with Crippen molar-refractivity contribution in [3.8, 4) is 6.07 Å². The fourth-order valence-electron chi connectivity index (χ4n) is 2.65. The molecule has 0 aromatic rings. The van der Waals surface area contributed by atoms with Gasteiger partial charge in [0.05, 0.1) is 36.9 Å². The van der Waals surface area contributed by atoms with E-state index in [0.29, 0.717) is 37.6 Å². The third-order valence-corrected chi connectivity index (χ3v) is 4.78. The molecule has 2 aliphatic heterocycles. The Morgan fingerprint density at radius 1 is 1.18 bits per heavy atom. The summed E-state index contributed by atoms with van der Waals surface area (Å²) in [7, 11) is 0. The molecule has 2 heterocycles. The van der Waals surface area contributed by atoms with Gasteiger partial charge in [-0.25, -0.2) is 0 Å². The van der Waals surface area contributed by atoms with E-state index in [9.17, 15) is 5.11 Å². The Kier molecular flexibility index (Phi) is 10.3. The molecular weight excluding hydrogens is 304 g/mol. The molecule has 7 atom stereocenters. The predicted octanol–water partition coefficient (Wildman–Crippen LogP) is -0.150. The Labute approximate surface area is 139 Å². The summed E-state index contributed by atoms with van der Waals surface area (Å²) >= 11 is 0. The SMILES string of the molecule is C[C@H]1[C@H](C)[C@H](C)OC[C@H]1C#N.OC[C@H]1CNC[C@@H](O)[C@@H]1O.S. The molecule has 2 saturated heterocycles. The van der Waals surface area contributed by atoms with E-state index >= 15 is 0 Å². The summed E-state index contributed by atoms with van der Waals surface area (Å²) in [5, 5.41) is 38.5. The Morgan fingerprint density at radius 2 is 1.82 bits per heavy atom. The van der Waals surface area contributed by atoms with Gasteiger partial charge in [-0.15, -0.1) is 0 Å². The minimum atomic E-state index is -0.772. The summed E-state index contributed by atoms with van der Waals surface area (Å²) in [6, 6.07) is 2.28. The van der Waals surface area contributed by atoms with Gasteiger partial charge in [-0.2, -0.15) is 18.8 Å². The van der Waals surface area contributed by atoms with Crippen molar-refractivity contribution in [1.29, 1.82) is 5.26 Å². The van der Waals surface area contributed by atoms with Crippen LogP contribution in [0.25, 0.3) is 0 Å². The molecule has 0 aliphatic carbocycles. The topological polar surface area (TPSA) is 106 Å². The molecule has 0 radical (unpaired) electrons. The van der Waals surface area contributed by atoms with Gasteiger partial charge in [-0.05, 0) is 18.8 Å². The van der Waals surface area contributed by atoms with Gasteiger partial charge in [0.2, 0.25) is 0 Å². The van der Waals surface area contributed by atoms with E-state index < -0.39 is 12.2 Å². The summed E-state index contributed by atoms with van der Waals surface area (Å²) in [4.78, 5) is 0. The standard InChI is InChI=1S/C9H15NO.C6H13NO3.H2S/c1-6-7(2)9(4-10)5-11-8(6)3;8-3-4-1-7-2-5(9)6(4)10;/h6-9H,5H2,1-3H3;4-10H,1-3H2;1H2/t6-,7-,8-,9+;4-,5-,6-;/m01./s1. The van der Waals surface area contributed by atoms with Crippen LogP contribution < -0.4 is 5.32 Å². The fourth-order valence-corrected chi connectivity index (χ4v) is 2.65. The van der Waals surface area contributed by atoms with Crippen molar-refractivity contribution >= 4 is 13.5 Å².